The Morgan fingerprint density at radius 2 is 1.87 bits per heavy atom. The molecule has 0 aliphatic rings. The van der Waals surface area contributed by atoms with Gasteiger partial charge in [-0.15, -0.1) is 0 Å². The second-order valence-electron chi connectivity index (χ2n) is 5.13. The summed E-state index contributed by atoms with van der Waals surface area (Å²) in [5.74, 6) is 0.237. The van der Waals surface area contributed by atoms with E-state index in [1.807, 2.05) is 6.07 Å². The lowest BCUT2D eigenvalue weighted by Gasteiger charge is -2.22. The van der Waals surface area contributed by atoms with E-state index in [1.54, 1.807) is 6.07 Å². The molecule has 2 aromatic rings. The van der Waals surface area contributed by atoms with Gasteiger partial charge in [0, 0.05) is 11.5 Å². The molecule has 0 unspecified atom stereocenters. The van der Waals surface area contributed by atoms with Crippen LogP contribution in [-0.2, 0) is 5.41 Å². The third kappa shape index (κ3) is 1.60. The van der Waals surface area contributed by atoms with Crippen molar-refractivity contribution in [2.75, 3.05) is 0 Å². The van der Waals surface area contributed by atoms with E-state index >= 15 is 0 Å². The van der Waals surface area contributed by atoms with Crippen LogP contribution >= 0.6 is 0 Å². The molecule has 0 saturated carbocycles. The smallest absolute Gasteiger partial charge is 0.189 e. The fourth-order valence-corrected chi connectivity index (χ4v) is 2.26. The van der Waals surface area contributed by atoms with E-state index in [2.05, 4.69) is 38.7 Å². The van der Waals surface area contributed by atoms with Crippen LogP contribution in [0, 0.1) is 6.92 Å². The summed E-state index contributed by atoms with van der Waals surface area (Å²) < 4.78 is 0. The number of nitrogens with one attached hydrogen (secondary N) is 1. The molecule has 0 fully saturated rings. The summed E-state index contributed by atoms with van der Waals surface area (Å²) in [6.45, 7) is 8.67. The first-order valence-corrected chi connectivity index (χ1v) is 5.21. The van der Waals surface area contributed by atoms with Crippen LogP contribution in [0.25, 0.3) is 10.9 Å². The number of aromatic hydroxyl groups is 1. The first-order valence-electron chi connectivity index (χ1n) is 5.21. The summed E-state index contributed by atoms with van der Waals surface area (Å²) in [4.78, 5) is 3.03. The summed E-state index contributed by atoms with van der Waals surface area (Å²) >= 11 is 0. The Hall–Kier alpha value is -1.44. The Morgan fingerprint density at radius 1 is 1.20 bits per heavy atom. The Balaban J connectivity index is 2.85. The van der Waals surface area contributed by atoms with Crippen LogP contribution in [0.2, 0.25) is 0 Å². The lowest BCUT2D eigenvalue weighted by atomic mass is 9.83. The van der Waals surface area contributed by atoms with Crippen LogP contribution in [0.1, 0.15) is 31.9 Å². The number of hydrogen-bond acceptors (Lipinski definition) is 1. The SMILES string of the molecule is Cc1ccc2cc(O)[nH]c2c1C(C)(C)C. The number of aryl methyl sites for hydroxylation is 1. The van der Waals surface area contributed by atoms with E-state index in [0.29, 0.717) is 0 Å². The normalized spacial score (nSPS) is 12.3. The Labute approximate surface area is 89.9 Å². The number of aromatic nitrogens is 1. The van der Waals surface area contributed by atoms with Crippen molar-refractivity contribution in [1.29, 1.82) is 0 Å². The number of fused-ring (bicyclic) bond motifs is 1. The number of rotatable bonds is 0. The summed E-state index contributed by atoms with van der Waals surface area (Å²) in [6.07, 6.45) is 0. The highest BCUT2D eigenvalue weighted by atomic mass is 16.3. The van der Waals surface area contributed by atoms with Crippen molar-refractivity contribution in [3.63, 3.8) is 0 Å². The first-order chi connectivity index (χ1) is 6.89. The van der Waals surface area contributed by atoms with E-state index in [-0.39, 0.29) is 11.3 Å². The van der Waals surface area contributed by atoms with Crippen molar-refractivity contribution in [2.45, 2.75) is 33.1 Å². The molecule has 0 atom stereocenters. The van der Waals surface area contributed by atoms with Crippen LogP contribution < -0.4 is 0 Å². The number of H-pyrrole nitrogens is 1. The minimum absolute atomic E-state index is 0.0842. The van der Waals surface area contributed by atoms with E-state index in [1.165, 1.54) is 11.1 Å². The molecule has 80 valence electrons. The fourth-order valence-electron chi connectivity index (χ4n) is 2.26. The Kier molecular flexibility index (Phi) is 2.03. The van der Waals surface area contributed by atoms with Crippen molar-refractivity contribution in [2.24, 2.45) is 0 Å². The van der Waals surface area contributed by atoms with E-state index < -0.39 is 0 Å². The van der Waals surface area contributed by atoms with Crippen LogP contribution in [0.5, 0.6) is 5.88 Å². The Morgan fingerprint density at radius 3 is 2.47 bits per heavy atom. The molecule has 2 N–H and O–H groups in total. The predicted molar refractivity (Wildman–Crippen MR) is 63.4 cm³/mol. The Bertz CT molecular complexity index is 503. The molecule has 1 aromatic carbocycles. The minimum atomic E-state index is 0.0842. The van der Waals surface area contributed by atoms with Gasteiger partial charge in [-0.3, -0.25) is 0 Å². The van der Waals surface area contributed by atoms with Crippen molar-refractivity contribution >= 4 is 10.9 Å². The lowest BCUT2D eigenvalue weighted by Crippen LogP contribution is -2.13. The molecule has 2 rings (SSSR count). The molecule has 0 amide bonds. The minimum Gasteiger partial charge on any atom is -0.495 e. The maximum atomic E-state index is 9.48. The maximum absolute atomic E-state index is 9.48. The van der Waals surface area contributed by atoms with Crippen molar-refractivity contribution in [3.8, 4) is 5.88 Å². The fraction of sp³-hybridized carbons (Fsp3) is 0.385. The van der Waals surface area contributed by atoms with Crippen LogP contribution in [0.3, 0.4) is 0 Å². The number of benzene rings is 1. The molecule has 0 aliphatic heterocycles. The van der Waals surface area contributed by atoms with Gasteiger partial charge in [-0.1, -0.05) is 32.9 Å². The molecule has 1 heterocycles. The third-order valence-electron chi connectivity index (χ3n) is 2.74. The quantitative estimate of drug-likeness (QED) is 0.675. The topological polar surface area (TPSA) is 36.0 Å². The molecule has 0 bridgehead atoms. The molecule has 0 spiro atoms. The molecule has 0 saturated heterocycles. The summed E-state index contributed by atoms with van der Waals surface area (Å²) in [5, 5.41) is 10.6. The van der Waals surface area contributed by atoms with Gasteiger partial charge < -0.3 is 10.1 Å². The summed E-state index contributed by atoms with van der Waals surface area (Å²) in [5.41, 5.74) is 3.68. The van der Waals surface area contributed by atoms with E-state index in [4.69, 9.17) is 0 Å². The average Bonchev–Trinajstić information content (AvgIpc) is 2.41. The zero-order chi connectivity index (χ0) is 11.2. The first kappa shape index (κ1) is 10.1. The second kappa shape index (κ2) is 3.02. The molecule has 0 aliphatic carbocycles. The van der Waals surface area contributed by atoms with Gasteiger partial charge in [0.2, 0.25) is 0 Å². The molecular formula is C13H17NO. The highest BCUT2D eigenvalue weighted by Crippen LogP contribution is 2.33. The van der Waals surface area contributed by atoms with Crippen LogP contribution in [-0.4, -0.2) is 10.1 Å². The van der Waals surface area contributed by atoms with Gasteiger partial charge in [0.05, 0.1) is 5.52 Å². The number of hydrogen-bond donors (Lipinski definition) is 2. The van der Waals surface area contributed by atoms with Gasteiger partial charge in [0.1, 0.15) is 0 Å². The van der Waals surface area contributed by atoms with Gasteiger partial charge in [0.15, 0.2) is 5.88 Å². The zero-order valence-electron chi connectivity index (χ0n) is 9.68. The third-order valence-corrected chi connectivity index (χ3v) is 2.74. The predicted octanol–water partition coefficient (Wildman–Crippen LogP) is 3.48. The van der Waals surface area contributed by atoms with Gasteiger partial charge in [0.25, 0.3) is 0 Å². The largest absolute Gasteiger partial charge is 0.495 e. The summed E-state index contributed by atoms with van der Waals surface area (Å²) in [7, 11) is 0. The molecule has 0 radical (unpaired) electrons. The maximum Gasteiger partial charge on any atom is 0.189 e. The van der Waals surface area contributed by atoms with Gasteiger partial charge in [-0.05, 0) is 23.5 Å². The van der Waals surface area contributed by atoms with Crippen LogP contribution in [0.4, 0.5) is 0 Å². The van der Waals surface area contributed by atoms with Crippen LogP contribution in [0.15, 0.2) is 18.2 Å². The van der Waals surface area contributed by atoms with Crippen molar-refractivity contribution < 1.29 is 5.11 Å². The molecule has 15 heavy (non-hydrogen) atoms. The average molecular weight is 203 g/mol. The van der Waals surface area contributed by atoms with Crippen molar-refractivity contribution in [1.82, 2.24) is 4.98 Å². The van der Waals surface area contributed by atoms with Gasteiger partial charge >= 0.3 is 0 Å². The second-order valence-corrected chi connectivity index (χ2v) is 5.13. The van der Waals surface area contributed by atoms with Crippen molar-refractivity contribution in [3.05, 3.63) is 29.3 Å². The monoisotopic (exact) mass is 203 g/mol. The van der Waals surface area contributed by atoms with E-state index in [0.717, 1.165) is 10.9 Å². The molecule has 2 nitrogen and oxygen atoms in total. The molecule has 2 heteroatoms. The molecule has 1 aromatic heterocycles. The summed E-state index contributed by atoms with van der Waals surface area (Å²) in [6, 6.07) is 5.91. The standard InChI is InChI=1S/C13H17NO/c1-8-5-6-9-7-10(15)14-12(9)11(8)13(2,3)4/h5-7,14-15H,1-4H3. The van der Waals surface area contributed by atoms with E-state index in [9.17, 15) is 5.11 Å². The molecular weight excluding hydrogens is 186 g/mol. The zero-order valence-corrected chi connectivity index (χ0v) is 9.68. The number of aromatic amines is 1. The van der Waals surface area contributed by atoms with Gasteiger partial charge in [-0.2, -0.15) is 0 Å². The lowest BCUT2D eigenvalue weighted by molar-refractivity contribution is 0.458. The highest BCUT2D eigenvalue weighted by molar-refractivity contribution is 5.86. The van der Waals surface area contributed by atoms with Gasteiger partial charge in [-0.25, -0.2) is 0 Å². The highest BCUT2D eigenvalue weighted by Gasteiger charge is 2.20.